The summed E-state index contributed by atoms with van der Waals surface area (Å²) in [6, 6.07) is 14.6. The van der Waals surface area contributed by atoms with E-state index in [0.29, 0.717) is 49.2 Å². The SMILES string of the molecule is COc1cc(NS(=O)(=O)c2cccc3cccnc23)ccc1C(=O)N1CCN(Cc2cncc(F)c2)CC1. The minimum absolute atomic E-state index is 0.0570. The van der Waals surface area contributed by atoms with E-state index in [1.807, 2.05) is 0 Å². The van der Waals surface area contributed by atoms with Crippen molar-refractivity contribution in [3.05, 3.63) is 90.1 Å². The smallest absolute Gasteiger partial charge is 0.264 e. The number of pyridine rings is 2. The Morgan fingerprint density at radius 1 is 1.05 bits per heavy atom. The number of nitrogens with zero attached hydrogens (tertiary/aromatic N) is 4. The molecule has 1 saturated heterocycles. The van der Waals surface area contributed by atoms with E-state index < -0.39 is 10.0 Å². The van der Waals surface area contributed by atoms with E-state index in [2.05, 4.69) is 19.6 Å². The first kappa shape index (κ1) is 25.6. The number of rotatable bonds is 7. The summed E-state index contributed by atoms with van der Waals surface area (Å²) in [6.07, 6.45) is 4.35. The zero-order chi connectivity index (χ0) is 26.7. The lowest BCUT2D eigenvalue weighted by molar-refractivity contribution is 0.0625. The fourth-order valence-corrected chi connectivity index (χ4v) is 5.74. The Bertz CT molecular complexity index is 1580. The van der Waals surface area contributed by atoms with Crippen LogP contribution in [0.4, 0.5) is 10.1 Å². The van der Waals surface area contributed by atoms with Crippen LogP contribution in [0, 0.1) is 5.82 Å². The van der Waals surface area contributed by atoms with Gasteiger partial charge in [-0.15, -0.1) is 0 Å². The van der Waals surface area contributed by atoms with Gasteiger partial charge in [0.05, 0.1) is 30.1 Å². The molecule has 1 fully saturated rings. The Balaban J connectivity index is 1.28. The summed E-state index contributed by atoms with van der Waals surface area (Å²) >= 11 is 0. The molecule has 5 rings (SSSR count). The van der Waals surface area contributed by atoms with Gasteiger partial charge in [0.1, 0.15) is 16.5 Å². The van der Waals surface area contributed by atoms with Gasteiger partial charge in [-0.05, 0) is 35.9 Å². The van der Waals surface area contributed by atoms with Gasteiger partial charge in [0.2, 0.25) is 0 Å². The van der Waals surface area contributed by atoms with Gasteiger partial charge < -0.3 is 9.64 Å². The first-order valence-corrected chi connectivity index (χ1v) is 13.5. The highest BCUT2D eigenvalue weighted by Gasteiger charge is 2.25. The molecule has 1 amide bonds. The molecular formula is C27H26FN5O4S. The van der Waals surface area contributed by atoms with Crippen molar-refractivity contribution in [3.63, 3.8) is 0 Å². The molecule has 3 heterocycles. The van der Waals surface area contributed by atoms with Gasteiger partial charge in [-0.25, -0.2) is 12.8 Å². The molecule has 0 unspecified atom stereocenters. The lowest BCUT2D eigenvalue weighted by atomic mass is 10.1. The van der Waals surface area contributed by atoms with Crippen molar-refractivity contribution in [2.75, 3.05) is 38.0 Å². The predicted octanol–water partition coefficient (Wildman–Crippen LogP) is 3.54. The largest absolute Gasteiger partial charge is 0.496 e. The maximum absolute atomic E-state index is 13.4. The molecule has 1 aliphatic rings. The van der Waals surface area contributed by atoms with Crippen molar-refractivity contribution in [2.24, 2.45) is 0 Å². The minimum Gasteiger partial charge on any atom is -0.496 e. The number of fused-ring (bicyclic) bond motifs is 1. The summed E-state index contributed by atoms with van der Waals surface area (Å²) in [6.45, 7) is 2.79. The first-order valence-electron chi connectivity index (χ1n) is 12.0. The van der Waals surface area contributed by atoms with Crippen molar-refractivity contribution in [3.8, 4) is 5.75 Å². The second-order valence-electron chi connectivity index (χ2n) is 8.93. The molecule has 9 nitrogen and oxygen atoms in total. The molecule has 0 atom stereocenters. The number of nitrogens with one attached hydrogen (secondary N) is 1. The number of ether oxygens (including phenoxy) is 1. The van der Waals surface area contributed by atoms with Crippen LogP contribution in [0.1, 0.15) is 15.9 Å². The standard InChI is InChI=1S/C27H26FN5O4S/c1-37-24-15-22(31-38(35,36)25-6-2-4-20-5-3-9-30-26(20)25)7-8-23(24)27(34)33-12-10-32(11-13-33)18-19-14-21(28)17-29-16-19/h2-9,14-17,31H,10-13,18H2,1H3. The van der Waals surface area contributed by atoms with Crippen molar-refractivity contribution in [2.45, 2.75) is 11.4 Å². The van der Waals surface area contributed by atoms with Gasteiger partial charge >= 0.3 is 0 Å². The predicted molar refractivity (Wildman–Crippen MR) is 141 cm³/mol. The molecule has 0 radical (unpaired) electrons. The summed E-state index contributed by atoms with van der Waals surface area (Å²) in [5.41, 5.74) is 1.75. The number of hydrogen-bond acceptors (Lipinski definition) is 7. The van der Waals surface area contributed by atoms with E-state index in [1.54, 1.807) is 53.7 Å². The van der Waals surface area contributed by atoms with Crippen molar-refractivity contribution < 1.29 is 22.3 Å². The third-order valence-corrected chi connectivity index (χ3v) is 7.81. The molecule has 0 spiro atoms. The number of carbonyl (C=O) groups is 1. The summed E-state index contributed by atoms with van der Waals surface area (Å²) in [5.74, 6) is -0.316. The highest BCUT2D eigenvalue weighted by Crippen LogP contribution is 2.28. The maximum Gasteiger partial charge on any atom is 0.264 e. The Kier molecular flexibility index (Phi) is 7.21. The molecule has 1 N–H and O–H groups in total. The van der Waals surface area contributed by atoms with Crippen molar-refractivity contribution in [1.29, 1.82) is 0 Å². The van der Waals surface area contributed by atoms with Crippen LogP contribution in [-0.2, 0) is 16.6 Å². The normalized spacial score (nSPS) is 14.4. The summed E-state index contributed by atoms with van der Waals surface area (Å²) in [7, 11) is -2.52. The Morgan fingerprint density at radius 3 is 2.61 bits per heavy atom. The molecule has 2 aromatic carbocycles. The van der Waals surface area contributed by atoms with Crippen molar-refractivity contribution >= 4 is 32.5 Å². The van der Waals surface area contributed by atoms with Gasteiger partial charge in [0.15, 0.2) is 0 Å². The second-order valence-corrected chi connectivity index (χ2v) is 10.6. The number of carbonyl (C=O) groups excluding carboxylic acids is 1. The number of methoxy groups -OCH3 is 1. The second kappa shape index (κ2) is 10.7. The molecule has 196 valence electrons. The summed E-state index contributed by atoms with van der Waals surface area (Å²) in [4.78, 5) is 25.3. The van der Waals surface area contributed by atoms with Gasteiger partial charge in [-0.1, -0.05) is 18.2 Å². The van der Waals surface area contributed by atoms with Gasteiger partial charge in [0.25, 0.3) is 15.9 Å². The topological polar surface area (TPSA) is 105 Å². The highest BCUT2D eigenvalue weighted by atomic mass is 32.2. The number of anilines is 1. The van der Waals surface area contributed by atoms with Crippen LogP contribution in [0.15, 0.2) is 78.1 Å². The molecular weight excluding hydrogens is 509 g/mol. The summed E-state index contributed by atoms with van der Waals surface area (Å²) < 4.78 is 47.8. The van der Waals surface area contributed by atoms with Crippen LogP contribution >= 0.6 is 0 Å². The number of piperazine rings is 1. The molecule has 4 aromatic rings. The van der Waals surface area contributed by atoms with E-state index in [-0.39, 0.29) is 28.1 Å². The van der Waals surface area contributed by atoms with Crippen LogP contribution in [0.2, 0.25) is 0 Å². The van der Waals surface area contributed by atoms with E-state index in [0.717, 1.165) is 5.56 Å². The quantitative estimate of drug-likeness (QED) is 0.386. The van der Waals surface area contributed by atoms with E-state index in [4.69, 9.17) is 4.74 Å². The number of benzene rings is 2. The van der Waals surface area contributed by atoms with E-state index in [9.17, 15) is 17.6 Å². The third-order valence-electron chi connectivity index (χ3n) is 6.40. The van der Waals surface area contributed by atoms with Crippen molar-refractivity contribution in [1.82, 2.24) is 19.8 Å². The molecule has 0 aliphatic carbocycles. The van der Waals surface area contributed by atoms with Gasteiger partial charge in [-0.3, -0.25) is 24.4 Å². The van der Waals surface area contributed by atoms with Crippen LogP contribution < -0.4 is 9.46 Å². The zero-order valence-corrected chi connectivity index (χ0v) is 21.5. The minimum atomic E-state index is -3.95. The molecule has 0 bridgehead atoms. The molecule has 0 saturated carbocycles. The Hall–Kier alpha value is -4.09. The third kappa shape index (κ3) is 5.43. The van der Waals surface area contributed by atoms with Crippen LogP contribution in [0.3, 0.4) is 0 Å². The molecule has 38 heavy (non-hydrogen) atoms. The lowest BCUT2D eigenvalue weighted by Crippen LogP contribution is -2.48. The maximum atomic E-state index is 13.4. The van der Waals surface area contributed by atoms with E-state index in [1.165, 1.54) is 31.5 Å². The number of aromatic nitrogens is 2. The number of sulfonamides is 1. The van der Waals surface area contributed by atoms with Gasteiger partial charge in [-0.2, -0.15) is 0 Å². The number of para-hydroxylation sites is 1. The zero-order valence-electron chi connectivity index (χ0n) is 20.7. The van der Waals surface area contributed by atoms with Crippen LogP contribution in [0.25, 0.3) is 10.9 Å². The molecule has 11 heteroatoms. The Morgan fingerprint density at radius 2 is 1.84 bits per heavy atom. The average molecular weight is 536 g/mol. The molecule has 1 aliphatic heterocycles. The Labute approximate surface area is 219 Å². The summed E-state index contributed by atoms with van der Waals surface area (Å²) in [5, 5.41) is 0.710. The fourth-order valence-electron chi connectivity index (χ4n) is 4.51. The van der Waals surface area contributed by atoms with Crippen LogP contribution in [0.5, 0.6) is 5.75 Å². The first-order chi connectivity index (χ1) is 18.3. The molecule has 2 aromatic heterocycles. The van der Waals surface area contributed by atoms with Gasteiger partial charge in [0, 0.05) is 56.6 Å². The average Bonchev–Trinajstić information content (AvgIpc) is 2.92. The lowest BCUT2D eigenvalue weighted by Gasteiger charge is -2.35. The van der Waals surface area contributed by atoms with E-state index >= 15 is 0 Å². The number of amides is 1. The highest BCUT2D eigenvalue weighted by molar-refractivity contribution is 7.93. The number of halogens is 1. The number of hydrogen-bond donors (Lipinski definition) is 1. The van der Waals surface area contributed by atoms with Crippen LogP contribution in [-0.4, -0.2) is 67.4 Å². The fraction of sp³-hybridized carbons (Fsp3) is 0.222. The monoisotopic (exact) mass is 535 g/mol.